The fourth-order valence-electron chi connectivity index (χ4n) is 4.02. The van der Waals surface area contributed by atoms with E-state index < -0.39 is 17.1 Å². The number of hydrogen-bond acceptors (Lipinski definition) is 4. The molecule has 2 N–H and O–H groups in total. The second-order valence-electron chi connectivity index (χ2n) is 7.97. The number of anilines is 1. The lowest BCUT2D eigenvalue weighted by molar-refractivity contribution is -0.127. The third-order valence-electron chi connectivity index (χ3n) is 5.59. The van der Waals surface area contributed by atoms with Gasteiger partial charge in [0.25, 0.3) is 5.91 Å². The molecule has 1 saturated heterocycles. The number of nitrogens with one attached hydrogen (secondary N) is 2. The molecule has 2 aromatic carbocycles. The van der Waals surface area contributed by atoms with E-state index in [0.29, 0.717) is 13.1 Å². The van der Waals surface area contributed by atoms with Gasteiger partial charge in [0.05, 0.1) is 34.3 Å². The molecule has 8 heteroatoms. The maximum atomic E-state index is 14.2. The van der Waals surface area contributed by atoms with Crippen LogP contribution in [-0.4, -0.2) is 43.4 Å². The van der Waals surface area contributed by atoms with Crippen molar-refractivity contribution in [2.45, 2.75) is 25.2 Å². The van der Waals surface area contributed by atoms with E-state index in [0.717, 1.165) is 17.2 Å². The number of amides is 2. The van der Waals surface area contributed by atoms with Crippen LogP contribution in [0, 0.1) is 17.1 Å². The van der Waals surface area contributed by atoms with Gasteiger partial charge in [-0.25, -0.2) is 4.39 Å². The van der Waals surface area contributed by atoms with Crippen molar-refractivity contribution in [1.82, 2.24) is 10.2 Å². The molecule has 1 heterocycles. The van der Waals surface area contributed by atoms with Crippen LogP contribution in [0.3, 0.4) is 0 Å². The zero-order valence-corrected chi connectivity index (χ0v) is 18.4. The summed E-state index contributed by atoms with van der Waals surface area (Å²) in [6.07, 6.45) is 0. The Morgan fingerprint density at radius 3 is 2.58 bits per heavy atom. The third kappa shape index (κ3) is 4.27. The average Bonchev–Trinajstić information content (AvgIpc) is 2.72. The summed E-state index contributed by atoms with van der Waals surface area (Å²) in [5, 5.41) is 14.1. The highest BCUT2D eigenvalue weighted by Gasteiger charge is 2.51. The largest absolute Gasteiger partial charge is 0.355 e. The molecule has 3 rings (SSSR count). The Hall–Kier alpha value is -2.95. The molecule has 0 aromatic heterocycles. The van der Waals surface area contributed by atoms with Gasteiger partial charge in [-0.2, -0.15) is 5.26 Å². The molecule has 2 aromatic rings. The number of halogens is 2. The van der Waals surface area contributed by atoms with E-state index in [1.807, 2.05) is 29.2 Å². The molecule has 0 aliphatic carbocycles. The first-order chi connectivity index (χ1) is 14.7. The third-order valence-corrected chi connectivity index (χ3v) is 5.88. The highest BCUT2D eigenvalue weighted by atomic mass is 35.5. The van der Waals surface area contributed by atoms with Crippen LogP contribution in [-0.2, 0) is 10.2 Å². The number of nitrogens with zero attached hydrogens (tertiary/aromatic N) is 2. The molecular weight excluding hydrogens is 419 g/mol. The number of rotatable bonds is 6. The van der Waals surface area contributed by atoms with Crippen LogP contribution in [0.25, 0.3) is 0 Å². The van der Waals surface area contributed by atoms with Gasteiger partial charge in [0, 0.05) is 20.1 Å². The summed E-state index contributed by atoms with van der Waals surface area (Å²) >= 11 is 5.85. The second kappa shape index (κ2) is 9.04. The molecule has 0 saturated carbocycles. The quantitative estimate of drug-likeness (QED) is 0.668. The van der Waals surface area contributed by atoms with Crippen LogP contribution in [0.2, 0.25) is 5.02 Å². The first-order valence-electron chi connectivity index (χ1n) is 9.94. The summed E-state index contributed by atoms with van der Waals surface area (Å²) in [6, 6.07) is 12.1. The van der Waals surface area contributed by atoms with E-state index in [1.54, 1.807) is 0 Å². The van der Waals surface area contributed by atoms with Gasteiger partial charge in [0.2, 0.25) is 5.91 Å². The van der Waals surface area contributed by atoms with Crippen molar-refractivity contribution in [3.8, 4) is 6.07 Å². The molecule has 1 fully saturated rings. The van der Waals surface area contributed by atoms with E-state index in [4.69, 9.17) is 16.9 Å². The molecule has 0 radical (unpaired) electrons. The van der Waals surface area contributed by atoms with E-state index in [2.05, 4.69) is 30.6 Å². The maximum Gasteiger partial charge on any atom is 0.253 e. The summed E-state index contributed by atoms with van der Waals surface area (Å²) < 4.78 is 14.2. The van der Waals surface area contributed by atoms with Gasteiger partial charge in [-0.15, -0.1) is 0 Å². The molecule has 31 heavy (non-hydrogen) atoms. The lowest BCUT2D eigenvalue weighted by Gasteiger charge is -2.49. The van der Waals surface area contributed by atoms with Crippen LogP contribution >= 0.6 is 11.6 Å². The van der Waals surface area contributed by atoms with Gasteiger partial charge in [-0.3, -0.25) is 14.5 Å². The molecule has 1 aliphatic rings. The Bertz CT molecular complexity index is 1060. The van der Waals surface area contributed by atoms with Crippen LogP contribution in [0.15, 0.2) is 36.4 Å². The number of likely N-dealkylation sites (tertiary alicyclic amines) is 1. The van der Waals surface area contributed by atoms with Crippen LogP contribution in [0.1, 0.15) is 41.3 Å². The van der Waals surface area contributed by atoms with Gasteiger partial charge in [-0.1, -0.05) is 49.7 Å². The maximum absolute atomic E-state index is 14.2. The van der Waals surface area contributed by atoms with Crippen molar-refractivity contribution in [3.63, 3.8) is 0 Å². The molecule has 0 spiro atoms. The van der Waals surface area contributed by atoms with Crippen LogP contribution in [0.4, 0.5) is 10.1 Å². The Morgan fingerprint density at radius 2 is 1.97 bits per heavy atom. The zero-order valence-electron chi connectivity index (χ0n) is 17.6. The molecular formula is C23H24ClFN4O2. The van der Waals surface area contributed by atoms with Crippen molar-refractivity contribution in [2.75, 3.05) is 32.0 Å². The van der Waals surface area contributed by atoms with E-state index >= 15 is 0 Å². The molecule has 6 nitrogen and oxygen atoms in total. The van der Waals surface area contributed by atoms with Crippen molar-refractivity contribution in [1.29, 1.82) is 5.26 Å². The van der Waals surface area contributed by atoms with Crippen molar-refractivity contribution in [2.24, 2.45) is 0 Å². The van der Waals surface area contributed by atoms with Gasteiger partial charge in [-0.05, 0) is 29.2 Å². The number of hydrogen-bond donors (Lipinski definition) is 2. The Labute approximate surface area is 186 Å². The van der Waals surface area contributed by atoms with E-state index in [-0.39, 0.29) is 34.6 Å². The lowest BCUT2D eigenvalue weighted by Crippen LogP contribution is -2.65. The second-order valence-corrected chi connectivity index (χ2v) is 8.38. The minimum atomic E-state index is -0.923. The van der Waals surface area contributed by atoms with E-state index in [1.165, 1.54) is 13.1 Å². The topological polar surface area (TPSA) is 85.2 Å². The fraction of sp³-hybridized carbons (Fsp3) is 0.348. The van der Waals surface area contributed by atoms with Gasteiger partial charge >= 0.3 is 0 Å². The Morgan fingerprint density at radius 1 is 1.29 bits per heavy atom. The van der Waals surface area contributed by atoms with Crippen molar-refractivity contribution < 1.29 is 14.0 Å². The summed E-state index contributed by atoms with van der Waals surface area (Å²) in [4.78, 5) is 27.7. The molecule has 2 amide bonds. The van der Waals surface area contributed by atoms with Gasteiger partial charge in [0.15, 0.2) is 0 Å². The van der Waals surface area contributed by atoms with Gasteiger partial charge in [0.1, 0.15) is 5.82 Å². The number of carbonyl (C=O) groups is 2. The Balaban J connectivity index is 2.04. The molecule has 1 aliphatic heterocycles. The molecule has 0 bridgehead atoms. The number of nitriles is 1. The normalized spacial score (nSPS) is 15.1. The number of carbonyl (C=O) groups excluding carboxylic acids is 2. The number of benzene rings is 2. The highest BCUT2D eigenvalue weighted by Crippen LogP contribution is 2.40. The van der Waals surface area contributed by atoms with Crippen molar-refractivity contribution >= 4 is 29.1 Å². The summed E-state index contributed by atoms with van der Waals surface area (Å²) in [5.41, 5.74) is 1.10. The Kier molecular flexibility index (Phi) is 6.63. The SMILES string of the molecule is CNC(=O)c1cc(Cl)c(F)cc1NC(=O)C1(c2ccccc2C(C)C)CN(CC#N)C1. The zero-order chi connectivity index (χ0) is 22.8. The first-order valence-corrected chi connectivity index (χ1v) is 10.3. The smallest absolute Gasteiger partial charge is 0.253 e. The first kappa shape index (κ1) is 22.7. The van der Waals surface area contributed by atoms with E-state index in [9.17, 15) is 14.0 Å². The molecule has 0 atom stereocenters. The predicted molar refractivity (Wildman–Crippen MR) is 118 cm³/mol. The summed E-state index contributed by atoms with van der Waals surface area (Å²) in [5.74, 6) is -1.41. The van der Waals surface area contributed by atoms with Crippen LogP contribution < -0.4 is 10.6 Å². The molecule has 162 valence electrons. The van der Waals surface area contributed by atoms with Gasteiger partial charge < -0.3 is 10.6 Å². The standard InChI is InChI=1S/C23H24ClFN4O2/c1-14(2)15-6-4-5-7-17(15)23(12-29(13-23)9-8-26)22(31)28-20-11-19(25)18(24)10-16(20)21(30)27-3/h4-7,10-11,14H,9,12-13H2,1-3H3,(H,27,30)(H,28,31). The lowest BCUT2D eigenvalue weighted by atomic mass is 9.69. The van der Waals surface area contributed by atoms with Crippen molar-refractivity contribution in [3.05, 3.63) is 63.9 Å². The minimum Gasteiger partial charge on any atom is -0.355 e. The van der Waals surface area contributed by atoms with Crippen LogP contribution in [0.5, 0.6) is 0 Å². The average molecular weight is 443 g/mol. The molecule has 0 unspecified atom stereocenters. The fourth-order valence-corrected chi connectivity index (χ4v) is 4.18. The highest BCUT2D eigenvalue weighted by molar-refractivity contribution is 6.31. The predicted octanol–water partition coefficient (Wildman–Crippen LogP) is 3.68. The minimum absolute atomic E-state index is 0.0476. The summed E-state index contributed by atoms with van der Waals surface area (Å²) in [6.45, 7) is 5.00. The summed E-state index contributed by atoms with van der Waals surface area (Å²) in [7, 11) is 1.44. The monoisotopic (exact) mass is 442 g/mol.